The number of aromatic amines is 1. The molecule has 0 amide bonds. The lowest BCUT2D eigenvalue weighted by Crippen LogP contribution is -2.13. The second kappa shape index (κ2) is 7.81. The summed E-state index contributed by atoms with van der Waals surface area (Å²) in [5.74, 6) is 0.842. The summed E-state index contributed by atoms with van der Waals surface area (Å²) in [6.45, 7) is 0. The van der Waals surface area contributed by atoms with Crippen LogP contribution in [0.5, 0.6) is 0 Å². The number of benzene rings is 2. The first-order chi connectivity index (χ1) is 15.0. The molecule has 152 valence electrons. The van der Waals surface area contributed by atoms with Crippen LogP contribution in [0.15, 0.2) is 71.8 Å². The monoisotopic (exact) mass is 467 g/mol. The fourth-order valence-electron chi connectivity index (χ4n) is 3.33. The fraction of sp³-hybridized carbons (Fsp3) is 0. The van der Waals surface area contributed by atoms with E-state index in [0.29, 0.717) is 43.5 Å². The van der Waals surface area contributed by atoms with E-state index in [4.69, 9.17) is 34.8 Å². The maximum absolute atomic E-state index is 13.2. The second-order valence-corrected chi connectivity index (χ2v) is 7.98. The second-order valence-electron chi connectivity index (χ2n) is 6.70. The molecule has 0 saturated heterocycles. The van der Waals surface area contributed by atoms with Crippen molar-refractivity contribution >= 4 is 46.0 Å². The molecule has 2 aromatic carbocycles. The fourth-order valence-corrected chi connectivity index (χ4v) is 3.95. The van der Waals surface area contributed by atoms with Crippen molar-refractivity contribution < 1.29 is 0 Å². The van der Waals surface area contributed by atoms with E-state index in [1.165, 1.54) is 0 Å². The van der Waals surface area contributed by atoms with Crippen LogP contribution in [0.25, 0.3) is 39.6 Å². The third-order valence-electron chi connectivity index (χ3n) is 4.72. The summed E-state index contributed by atoms with van der Waals surface area (Å²) in [5, 5.41) is 1.46. The average molecular weight is 469 g/mol. The Morgan fingerprint density at radius 2 is 1.68 bits per heavy atom. The molecule has 0 bridgehead atoms. The number of halogens is 3. The Bertz CT molecular complexity index is 1480. The minimum absolute atomic E-state index is 0.276. The van der Waals surface area contributed by atoms with Gasteiger partial charge in [-0.3, -0.25) is 14.3 Å². The highest BCUT2D eigenvalue weighted by atomic mass is 35.5. The number of imidazole rings is 1. The largest absolute Gasteiger partial charge is 0.305 e. The van der Waals surface area contributed by atoms with Gasteiger partial charge in [-0.05, 0) is 54.6 Å². The summed E-state index contributed by atoms with van der Waals surface area (Å²) >= 11 is 18.4. The van der Waals surface area contributed by atoms with Gasteiger partial charge in [-0.15, -0.1) is 0 Å². The topological polar surface area (TPSA) is 76.5 Å². The number of hydrogen-bond donors (Lipinski definition) is 1. The Labute approximate surface area is 191 Å². The minimum Gasteiger partial charge on any atom is -0.305 e. The van der Waals surface area contributed by atoms with Crippen LogP contribution >= 0.6 is 34.8 Å². The molecule has 5 rings (SSSR count). The Hall–Kier alpha value is -3.19. The molecule has 0 unspecified atom stereocenters. The van der Waals surface area contributed by atoms with Crippen LogP contribution < -0.4 is 5.56 Å². The zero-order chi connectivity index (χ0) is 21.5. The van der Waals surface area contributed by atoms with Crippen LogP contribution in [-0.2, 0) is 0 Å². The van der Waals surface area contributed by atoms with Crippen LogP contribution in [0.4, 0.5) is 0 Å². The smallest absolute Gasteiger partial charge is 0.277 e. The number of H-pyrrole nitrogens is 1. The van der Waals surface area contributed by atoms with Crippen molar-refractivity contribution in [3.63, 3.8) is 0 Å². The summed E-state index contributed by atoms with van der Waals surface area (Å²) in [6, 6.07) is 15.8. The van der Waals surface area contributed by atoms with Gasteiger partial charge in [-0.2, -0.15) is 0 Å². The number of rotatable bonds is 3. The van der Waals surface area contributed by atoms with Gasteiger partial charge in [0.2, 0.25) is 0 Å². The van der Waals surface area contributed by atoms with Crippen molar-refractivity contribution in [1.29, 1.82) is 0 Å². The standard InChI is InChI=1S/C22H12Cl3N5O/c23-13-5-3-12(4-6-13)21-28-20-18(30(21)15-2-1-9-26-11-15)22(31)29-19(27-20)16-8-7-14(24)10-17(16)25/h1-11H,(H,27,29,31). The molecular weight excluding hydrogens is 457 g/mol. The molecular formula is C22H12Cl3N5O. The van der Waals surface area contributed by atoms with E-state index in [1.807, 2.05) is 18.2 Å². The van der Waals surface area contributed by atoms with Gasteiger partial charge < -0.3 is 4.98 Å². The van der Waals surface area contributed by atoms with E-state index in [0.717, 1.165) is 5.56 Å². The molecule has 3 aromatic heterocycles. The molecule has 6 nitrogen and oxygen atoms in total. The number of nitrogens with one attached hydrogen (secondary N) is 1. The van der Waals surface area contributed by atoms with Crippen LogP contribution in [0.1, 0.15) is 0 Å². The molecule has 31 heavy (non-hydrogen) atoms. The SMILES string of the molecule is O=c1[nH]c(-c2ccc(Cl)cc2Cl)nc2nc(-c3ccc(Cl)cc3)n(-c3cccnc3)c12. The van der Waals surface area contributed by atoms with Crippen molar-refractivity contribution in [2.24, 2.45) is 0 Å². The quantitative estimate of drug-likeness (QED) is 0.363. The number of aromatic nitrogens is 5. The molecule has 3 heterocycles. The van der Waals surface area contributed by atoms with Crippen LogP contribution in [-0.4, -0.2) is 24.5 Å². The Balaban J connectivity index is 1.81. The zero-order valence-electron chi connectivity index (χ0n) is 15.7. The van der Waals surface area contributed by atoms with E-state index in [2.05, 4.69) is 19.9 Å². The minimum atomic E-state index is -0.359. The molecule has 0 aliphatic heterocycles. The highest BCUT2D eigenvalue weighted by molar-refractivity contribution is 6.36. The van der Waals surface area contributed by atoms with Gasteiger partial charge >= 0.3 is 0 Å². The molecule has 0 spiro atoms. The summed E-state index contributed by atoms with van der Waals surface area (Å²) in [4.78, 5) is 29.4. The van der Waals surface area contributed by atoms with Gasteiger partial charge in [0, 0.05) is 27.4 Å². The molecule has 0 aliphatic carbocycles. The molecule has 0 fully saturated rings. The van der Waals surface area contributed by atoms with Gasteiger partial charge in [-0.25, -0.2) is 9.97 Å². The normalized spacial score (nSPS) is 11.2. The highest BCUT2D eigenvalue weighted by Crippen LogP contribution is 2.30. The van der Waals surface area contributed by atoms with E-state index in [1.54, 1.807) is 53.4 Å². The van der Waals surface area contributed by atoms with Crippen molar-refractivity contribution in [1.82, 2.24) is 24.5 Å². The average Bonchev–Trinajstić information content (AvgIpc) is 3.15. The van der Waals surface area contributed by atoms with Crippen molar-refractivity contribution in [3.8, 4) is 28.5 Å². The van der Waals surface area contributed by atoms with Crippen molar-refractivity contribution in [3.05, 3.63) is 92.4 Å². The van der Waals surface area contributed by atoms with Gasteiger partial charge in [0.1, 0.15) is 11.6 Å². The molecule has 0 atom stereocenters. The summed E-state index contributed by atoms with van der Waals surface area (Å²) in [6.07, 6.45) is 3.32. The molecule has 9 heteroatoms. The summed E-state index contributed by atoms with van der Waals surface area (Å²) in [7, 11) is 0. The van der Waals surface area contributed by atoms with Crippen LogP contribution in [0.2, 0.25) is 15.1 Å². The number of pyridine rings is 1. The Kier molecular flexibility index (Phi) is 4.98. The number of nitrogens with zero attached hydrogens (tertiary/aromatic N) is 4. The van der Waals surface area contributed by atoms with E-state index in [9.17, 15) is 4.79 Å². The number of fused-ring (bicyclic) bond motifs is 1. The highest BCUT2D eigenvalue weighted by Gasteiger charge is 2.20. The molecule has 0 radical (unpaired) electrons. The maximum atomic E-state index is 13.2. The lowest BCUT2D eigenvalue weighted by atomic mass is 10.2. The Morgan fingerprint density at radius 1 is 0.903 bits per heavy atom. The predicted molar refractivity (Wildman–Crippen MR) is 123 cm³/mol. The van der Waals surface area contributed by atoms with Gasteiger partial charge in [0.15, 0.2) is 11.2 Å². The third kappa shape index (κ3) is 3.59. The van der Waals surface area contributed by atoms with Crippen LogP contribution in [0, 0.1) is 0 Å². The van der Waals surface area contributed by atoms with Crippen LogP contribution in [0.3, 0.4) is 0 Å². The van der Waals surface area contributed by atoms with Crippen molar-refractivity contribution in [2.45, 2.75) is 0 Å². The Morgan fingerprint density at radius 3 is 2.39 bits per heavy atom. The number of hydrogen-bond acceptors (Lipinski definition) is 4. The summed E-state index contributed by atoms with van der Waals surface area (Å²) in [5.41, 5.74) is 2.22. The zero-order valence-corrected chi connectivity index (χ0v) is 17.9. The van der Waals surface area contributed by atoms with E-state index in [-0.39, 0.29) is 11.2 Å². The van der Waals surface area contributed by atoms with E-state index >= 15 is 0 Å². The lowest BCUT2D eigenvalue weighted by molar-refractivity contribution is 1.06. The van der Waals surface area contributed by atoms with E-state index < -0.39 is 0 Å². The molecule has 0 aliphatic rings. The first kappa shape index (κ1) is 19.8. The lowest BCUT2D eigenvalue weighted by Gasteiger charge is -2.09. The molecule has 5 aromatic rings. The summed E-state index contributed by atoms with van der Waals surface area (Å²) < 4.78 is 1.73. The van der Waals surface area contributed by atoms with Gasteiger partial charge in [-0.1, -0.05) is 34.8 Å². The van der Waals surface area contributed by atoms with Crippen molar-refractivity contribution in [2.75, 3.05) is 0 Å². The first-order valence-corrected chi connectivity index (χ1v) is 10.3. The van der Waals surface area contributed by atoms with Gasteiger partial charge in [0.25, 0.3) is 5.56 Å². The third-order valence-corrected chi connectivity index (χ3v) is 5.52. The maximum Gasteiger partial charge on any atom is 0.277 e. The van der Waals surface area contributed by atoms with Gasteiger partial charge in [0.05, 0.1) is 16.9 Å². The predicted octanol–water partition coefficient (Wildman–Crippen LogP) is 5.80. The molecule has 0 saturated carbocycles. The first-order valence-electron chi connectivity index (χ1n) is 9.16. The molecule has 1 N–H and O–H groups in total.